The highest BCUT2D eigenvalue weighted by Crippen LogP contribution is 2.12. The molecule has 92 valence electrons. The van der Waals surface area contributed by atoms with Crippen LogP contribution < -0.4 is 5.32 Å². The molecule has 1 rings (SSSR count). The van der Waals surface area contributed by atoms with Crippen LogP contribution in [0, 0.1) is 16.0 Å². The number of non-ortho nitro benzene ring substituents is 1. The summed E-state index contributed by atoms with van der Waals surface area (Å²) in [5.74, 6) is 0.641. The summed E-state index contributed by atoms with van der Waals surface area (Å²) in [6, 6.07) is 6.52. The second-order valence-corrected chi connectivity index (χ2v) is 4.30. The molecule has 1 aromatic carbocycles. The Morgan fingerprint density at radius 1 is 1.35 bits per heavy atom. The molecule has 0 fully saturated rings. The molecule has 0 atom stereocenters. The lowest BCUT2D eigenvalue weighted by molar-refractivity contribution is -0.384. The molecule has 0 bridgehead atoms. The maximum atomic E-state index is 10.5. The van der Waals surface area contributed by atoms with E-state index in [0.717, 1.165) is 18.7 Å². The Morgan fingerprint density at radius 2 is 2.00 bits per heavy atom. The van der Waals surface area contributed by atoms with Crippen molar-refractivity contribution in [3.05, 3.63) is 46.0 Å². The third-order valence-corrected chi connectivity index (χ3v) is 2.23. The van der Waals surface area contributed by atoms with E-state index in [4.69, 9.17) is 0 Å². The summed E-state index contributed by atoms with van der Waals surface area (Å²) in [5.41, 5.74) is 1.10. The number of rotatable bonds is 6. The third-order valence-electron chi connectivity index (χ3n) is 2.23. The first kappa shape index (κ1) is 13.4. The van der Waals surface area contributed by atoms with E-state index in [1.54, 1.807) is 12.1 Å². The number of nitro benzene ring substituents is 1. The van der Waals surface area contributed by atoms with Crippen LogP contribution in [-0.4, -0.2) is 18.0 Å². The summed E-state index contributed by atoms with van der Waals surface area (Å²) >= 11 is 0. The lowest BCUT2D eigenvalue weighted by Crippen LogP contribution is -2.19. The van der Waals surface area contributed by atoms with E-state index in [0.29, 0.717) is 5.92 Å². The first-order valence-electron chi connectivity index (χ1n) is 5.71. The third kappa shape index (κ3) is 5.26. The second-order valence-electron chi connectivity index (χ2n) is 4.30. The Morgan fingerprint density at radius 3 is 2.53 bits per heavy atom. The van der Waals surface area contributed by atoms with Gasteiger partial charge in [-0.1, -0.05) is 26.0 Å². The smallest absolute Gasteiger partial charge is 0.269 e. The van der Waals surface area contributed by atoms with Gasteiger partial charge in [0.05, 0.1) is 4.92 Å². The number of benzene rings is 1. The van der Waals surface area contributed by atoms with Crippen LogP contribution in [0.3, 0.4) is 0 Å². The monoisotopic (exact) mass is 234 g/mol. The molecule has 0 unspecified atom stereocenters. The zero-order valence-corrected chi connectivity index (χ0v) is 10.2. The molecule has 0 aliphatic rings. The summed E-state index contributed by atoms with van der Waals surface area (Å²) in [7, 11) is 0. The van der Waals surface area contributed by atoms with Gasteiger partial charge in [-0.25, -0.2) is 0 Å². The molecule has 4 heteroatoms. The normalized spacial score (nSPS) is 11.2. The fraction of sp³-hybridized carbons (Fsp3) is 0.385. The van der Waals surface area contributed by atoms with Gasteiger partial charge in [-0.15, -0.1) is 0 Å². The molecule has 17 heavy (non-hydrogen) atoms. The molecule has 1 N–H and O–H groups in total. The van der Waals surface area contributed by atoms with E-state index in [-0.39, 0.29) is 5.69 Å². The van der Waals surface area contributed by atoms with Crippen molar-refractivity contribution in [1.29, 1.82) is 0 Å². The molecule has 0 saturated heterocycles. The van der Waals surface area contributed by atoms with E-state index in [1.807, 2.05) is 12.2 Å². The molecule has 4 nitrogen and oxygen atoms in total. The maximum absolute atomic E-state index is 10.5. The van der Waals surface area contributed by atoms with Crippen LogP contribution in [0.4, 0.5) is 5.69 Å². The Kier molecular flexibility index (Phi) is 5.36. The molecule has 0 aliphatic carbocycles. The van der Waals surface area contributed by atoms with Gasteiger partial charge in [0.25, 0.3) is 5.69 Å². The molecular formula is C13H18N2O2. The van der Waals surface area contributed by atoms with Crippen LogP contribution in [0.25, 0.3) is 6.08 Å². The van der Waals surface area contributed by atoms with Crippen molar-refractivity contribution in [2.75, 3.05) is 13.1 Å². The minimum Gasteiger partial charge on any atom is -0.313 e. The van der Waals surface area contributed by atoms with Gasteiger partial charge in [-0.2, -0.15) is 0 Å². The topological polar surface area (TPSA) is 55.2 Å². The fourth-order valence-electron chi connectivity index (χ4n) is 1.36. The van der Waals surface area contributed by atoms with Crippen molar-refractivity contribution in [3.63, 3.8) is 0 Å². The molecular weight excluding hydrogens is 216 g/mol. The van der Waals surface area contributed by atoms with Crippen LogP contribution in [0.1, 0.15) is 19.4 Å². The quantitative estimate of drug-likeness (QED) is 0.468. The van der Waals surface area contributed by atoms with Crippen molar-refractivity contribution in [2.45, 2.75) is 13.8 Å². The molecule has 0 saturated carbocycles. The molecule has 0 amide bonds. The first-order valence-corrected chi connectivity index (χ1v) is 5.71. The minimum atomic E-state index is -0.391. The van der Waals surface area contributed by atoms with Crippen LogP contribution in [0.5, 0.6) is 0 Å². The molecule has 0 aliphatic heterocycles. The zero-order chi connectivity index (χ0) is 12.7. The SMILES string of the molecule is CC(C)CNCC=Cc1ccc([N+](=O)[O-])cc1. The van der Waals surface area contributed by atoms with Gasteiger partial charge in [0, 0.05) is 18.7 Å². The number of nitrogens with one attached hydrogen (secondary N) is 1. The minimum absolute atomic E-state index is 0.125. The van der Waals surface area contributed by atoms with Crippen molar-refractivity contribution in [3.8, 4) is 0 Å². The predicted molar refractivity (Wildman–Crippen MR) is 69.8 cm³/mol. The van der Waals surface area contributed by atoms with Crippen molar-refractivity contribution < 1.29 is 4.92 Å². The molecule has 0 spiro atoms. The van der Waals surface area contributed by atoms with Crippen LogP contribution >= 0.6 is 0 Å². The van der Waals surface area contributed by atoms with Gasteiger partial charge in [-0.3, -0.25) is 10.1 Å². The Labute approximate surface area is 101 Å². The average molecular weight is 234 g/mol. The van der Waals surface area contributed by atoms with Crippen molar-refractivity contribution >= 4 is 11.8 Å². The van der Waals surface area contributed by atoms with Crippen LogP contribution in [0.15, 0.2) is 30.3 Å². The van der Waals surface area contributed by atoms with E-state index >= 15 is 0 Å². The lowest BCUT2D eigenvalue weighted by atomic mass is 10.2. The van der Waals surface area contributed by atoms with E-state index in [1.165, 1.54) is 12.1 Å². The molecule has 0 aromatic heterocycles. The summed E-state index contributed by atoms with van der Waals surface area (Å²) in [5, 5.41) is 13.7. The molecule has 0 heterocycles. The lowest BCUT2D eigenvalue weighted by Gasteiger charge is -2.03. The summed E-state index contributed by atoms with van der Waals surface area (Å²) in [6.45, 7) is 6.12. The van der Waals surface area contributed by atoms with Gasteiger partial charge in [-0.05, 0) is 30.2 Å². The predicted octanol–water partition coefficient (Wildman–Crippen LogP) is 2.85. The fourth-order valence-corrected chi connectivity index (χ4v) is 1.36. The van der Waals surface area contributed by atoms with E-state index < -0.39 is 4.92 Å². The van der Waals surface area contributed by atoms with E-state index in [2.05, 4.69) is 19.2 Å². The number of nitro groups is 1. The Balaban J connectivity index is 2.41. The van der Waals surface area contributed by atoms with E-state index in [9.17, 15) is 10.1 Å². The van der Waals surface area contributed by atoms with Crippen molar-refractivity contribution in [1.82, 2.24) is 5.32 Å². The molecule has 0 radical (unpaired) electrons. The van der Waals surface area contributed by atoms with Gasteiger partial charge in [0.15, 0.2) is 0 Å². The Hall–Kier alpha value is -1.68. The average Bonchev–Trinajstić information content (AvgIpc) is 2.29. The largest absolute Gasteiger partial charge is 0.313 e. The van der Waals surface area contributed by atoms with Crippen molar-refractivity contribution in [2.24, 2.45) is 5.92 Å². The Bertz CT molecular complexity index is 383. The first-order chi connectivity index (χ1) is 8.09. The van der Waals surface area contributed by atoms with Crippen LogP contribution in [0.2, 0.25) is 0 Å². The number of hydrogen-bond acceptors (Lipinski definition) is 3. The van der Waals surface area contributed by atoms with Gasteiger partial charge < -0.3 is 5.32 Å². The highest BCUT2D eigenvalue weighted by Gasteiger charge is 2.01. The van der Waals surface area contributed by atoms with Gasteiger partial charge in [0.1, 0.15) is 0 Å². The highest BCUT2D eigenvalue weighted by atomic mass is 16.6. The standard InChI is InChI=1S/C13H18N2O2/c1-11(2)10-14-9-3-4-12-5-7-13(8-6-12)15(16)17/h3-8,11,14H,9-10H2,1-2H3. The molecule has 1 aromatic rings. The summed E-state index contributed by atoms with van der Waals surface area (Å²) in [6.07, 6.45) is 3.97. The highest BCUT2D eigenvalue weighted by molar-refractivity contribution is 5.51. The summed E-state index contributed by atoms with van der Waals surface area (Å²) in [4.78, 5) is 10.1. The second kappa shape index (κ2) is 6.81. The van der Waals surface area contributed by atoms with Gasteiger partial charge in [0.2, 0.25) is 0 Å². The summed E-state index contributed by atoms with van der Waals surface area (Å²) < 4.78 is 0. The van der Waals surface area contributed by atoms with Gasteiger partial charge >= 0.3 is 0 Å². The number of nitrogens with zero attached hydrogens (tertiary/aromatic N) is 1. The number of hydrogen-bond donors (Lipinski definition) is 1. The maximum Gasteiger partial charge on any atom is 0.269 e. The van der Waals surface area contributed by atoms with Crippen LogP contribution in [-0.2, 0) is 0 Å². The zero-order valence-electron chi connectivity index (χ0n) is 10.2.